The number of aromatic amines is 1. The van der Waals surface area contributed by atoms with E-state index < -0.39 is 11.8 Å². The number of hydrogen-bond donors (Lipinski definition) is 1. The summed E-state index contributed by atoms with van der Waals surface area (Å²) in [6, 6.07) is 7.37. The average Bonchev–Trinajstić information content (AvgIpc) is 2.42. The van der Waals surface area contributed by atoms with Crippen molar-refractivity contribution in [2.24, 2.45) is 0 Å². The molecule has 0 aliphatic heterocycles. The lowest BCUT2D eigenvalue weighted by Crippen LogP contribution is -2.12. The van der Waals surface area contributed by atoms with E-state index in [-0.39, 0.29) is 17.5 Å². The first kappa shape index (κ1) is 13.0. The molecule has 0 amide bonds. The van der Waals surface area contributed by atoms with E-state index in [1.165, 1.54) is 25.4 Å². The van der Waals surface area contributed by atoms with E-state index in [1.807, 2.05) is 0 Å². The van der Waals surface area contributed by atoms with Crippen molar-refractivity contribution >= 4 is 5.97 Å². The standard InChI is InChI=1S/C14H12FNO3/c1-19-14(18)11-5-4-9(12(15)8-11)7-10-3-2-6-16-13(10)17/h2-6,8H,7H2,1H3,(H,16,17). The Bertz CT molecular complexity index is 664. The smallest absolute Gasteiger partial charge is 0.337 e. The van der Waals surface area contributed by atoms with Crippen molar-refractivity contribution in [2.75, 3.05) is 7.11 Å². The maximum absolute atomic E-state index is 13.8. The number of pyridine rings is 1. The number of hydrogen-bond acceptors (Lipinski definition) is 3. The third kappa shape index (κ3) is 2.88. The predicted octanol–water partition coefficient (Wildman–Crippen LogP) is 1.89. The summed E-state index contributed by atoms with van der Waals surface area (Å²) >= 11 is 0. The van der Waals surface area contributed by atoms with Gasteiger partial charge in [0.2, 0.25) is 0 Å². The van der Waals surface area contributed by atoms with E-state index in [4.69, 9.17) is 0 Å². The molecular formula is C14H12FNO3. The number of carbonyl (C=O) groups is 1. The topological polar surface area (TPSA) is 59.2 Å². The minimum Gasteiger partial charge on any atom is -0.465 e. The molecule has 0 saturated heterocycles. The second-order valence-electron chi connectivity index (χ2n) is 4.00. The SMILES string of the molecule is COC(=O)c1ccc(Cc2ccc[nH]c2=O)c(F)c1. The van der Waals surface area contributed by atoms with E-state index >= 15 is 0 Å². The summed E-state index contributed by atoms with van der Waals surface area (Å²) in [5, 5.41) is 0. The highest BCUT2D eigenvalue weighted by Gasteiger charge is 2.11. The molecule has 0 aliphatic carbocycles. The highest BCUT2D eigenvalue weighted by Crippen LogP contribution is 2.14. The van der Waals surface area contributed by atoms with Gasteiger partial charge in [0.1, 0.15) is 5.82 Å². The summed E-state index contributed by atoms with van der Waals surface area (Å²) in [7, 11) is 1.23. The lowest BCUT2D eigenvalue weighted by molar-refractivity contribution is 0.0600. The fraction of sp³-hybridized carbons (Fsp3) is 0.143. The largest absolute Gasteiger partial charge is 0.465 e. The van der Waals surface area contributed by atoms with E-state index in [9.17, 15) is 14.0 Å². The van der Waals surface area contributed by atoms with Crippen LogP contribution in [0.5, 0.6) is 0 Å². The van der Waals surface area contributed by atoms with Crippen LogP contribution in [0, 0.1) is 5.82 Å². The third-order valence-corrected chi connectivity index (χ3v) is 2.75. The molecule has 0 spiro atoms. The monoisotopic (exact) mass is 261 g/mol. The number of nitrogens with one attached hydrogen (secondary N) is 1. The Kier molecular flexibility index (Phi) is 3.75. The molecule has 1 aromatic carbocycles. The van der Waals surface area contributed by atoms with Crippen molar-refractivity contribution in [1.82, 2.24) is 4.98 Å². The molecule has 2 aromatic rings. The molecule has 0 aliphatic rings. The zero-order chi connectivity index (χ0) is 13.8. The number of carbonyl (C=O) groups excluding carboxylic acids is 1. The molecule has 0 radical (unpaired) electrons. The van der Waals surface area contributed by atoms with Gasteiger partial charge in [-0.05, 0) is 23.8 Å². The second kappa shape index (κ2) is 5.48. The molecule has 4 nitrogen and oxygen atoms in total. The van der Waals surface area contributed by atoms with Crippen LogP contribution in [0.25, 0.3) is 0 Å². The minimum atomic E-state index is -0.594. The van der Waals surface area contributed by atoms with Crippen molar-refractivity contribution in [1.29, 1.82) is 0 Å². The van der Waals surface area contributed by atoms with Gasteiger partial charge in [0, 0.05) is 18.2 Å². The first-order chi connectivity index (χ1) is 9.11. The van der Waals surface area contributed by atoms with Crippen LogP contribution < -0.4 is 5.56 Å². The van der Waals surface area contributed by atoms with E-state index in [2.05, 4.69) is 9.72 Å². The number of aromatic nitrogens is 1. The fourth-order valence-electron chi connectivity index (χ4n) is 1.74. The molecule has 0 saturated carbocycles. The molecular weight excluding hydrogens is 249 g/mol. The molecule has 0 bridgehead atoms. The van der Waals surface area contributed by atoms with Crippen LogP contribution in [-0.2, 0) is 11.2 Å². The molecule has 1 N–H and O–H groups in total. The Balaban J connectivity index is 2.30. The van der Waals surface area contributed by atoms with Crippen LogP contribution in [0.2, 0.25) is 0 Å². The van der Waals surface area contributed by atoms with Gasteiger partial charge >= 0.3 is 5.97 Å². The van der Waals surface area contributed by atoms with Crippen LogP contribution in [0.4, 0.5) is 4.39 Å². The fourth-order valence-corrected chi connectivity index (χ4v) is 1.74. The number of benzene rings is 1. The molecule has 1 aromatic heterocycles. The van der Waals surface area contributed by atoms with Crippen molar-refractivity contribution in [3.8, 4) is 0 Å². The number of esters is 1. The maximum atomic E-state index is 13.8. The number of rotatable bonds is 3. The molecule has 5 heteroatoms. The van der Waals surface area contributed by atoms with Crippen molar-refractivity contribution in [3.05, 3.63) is 69.4 Å². The number of halogens is 1. The first-order valence-electron chi connectivity index (χ1n) is 5.65. The van der Waals surface area contributed by atoms with Crippen molar-refractivity contribution in [3.63, 3.8) is 0 Å². The minimum absolute atomic E-state index is 0.144. The van der Waals surface area contributed by atoms with Gasteiger partial charge in [-0.3, -0.25) is 4.79 Å². The summed E-state index contributed by atoms with van der Waals surface area (Å²) in [6.07, 6.45) is 1.69. The van der Waals surface area contributed by atoms with Crippen LogP contribution >= 0.6 is 0 Å². The normalized spacial score (nSPS) is 10.2. The lowest BCUT2D eigenvalue weighted by Gasteiger charge is -2.05. The van der Waals surface area contributed by atoms with Crippen LogP contribution in [0.1, 0.15) is 21.5 Å². The Morgan fingerprint density at radius 3 is 2.74 bits per heavy atom. The Hall–Kier alpha value is -2.43. The van der Waals surface area contributed by atoms with Gasteiger partial charge in [0.05, 0.1) is 12.7 Å². The van der Waals surface area contributed by atoms with Gasteiger partial charge in [0.25, 0.3) is 5.56 Å². The maximum Gasteiger partial charge on any atom is 0.337 e. The molecule has 2 rings (SSSR count). The molecule has 19 heavy (non-hydrogen) atoms. The molecule has 0 fully saturated rings. The van der Waals surface area contributed by atoms with Gasteiger partial charge in [-0.2, -0.15) is 0 Å². The zero-order valence-electron chi connectivity index (χ0n) is 10.3. The van der Waals surface area contributed by atoms with Crippen molar-refractivity contribution < 1.29 is 13.9 Å². The quantitative estimate of drug-likeness (QED) is 0.858. The highest BCUT2D eigenvalue weighted by atomic mass is 19.1. The summed E-state index contributed by atoms with van der Waals surface area (Å²) in [6.45, 7) is 0. The van der Waals surface area contributed by atoms with E-state index in [1.54, 1.807) is 12.1 Å². The predicted molar refractivity (Wildman–Crippen MR) is 67.6 cm³/mol. The lowest BCUT2D eigenvalue weighted by atomic mass is 10.0. The van der Waals surface area contributed by atoms with Crippen LogP contribution in [-0.4, -0.2) is 18.1 Å². The van der Waals surface area contributed by atoms with E-state index in [0.717, 1.165) is 6.07 Å². The first-order valence-corrected chi connectivity index (χ1v) is 5.65. The molecule has 1 heterocycles. The summed E-state index contributed by atoms with van der Waals surface area (Å²) in [5.41, 5.74) is 0.709. The summed E-state index contributed by atoms with van der Waals surface area (Å²) in [5.74, 6) is -1.13. The van der Waals surface area contributed by atoms with Gasteiger partial charge in [-0.1, -0.05) is 12.1 Å². The number of ether oxygens (including phenoxy) is 1. The van der Waals surface area contributed by atoms with E-state index in [0.29, 0.717) is 11.1 Å². The molecule has 98 valence electrons. The molecule has 0 atom stereocenters. The Morgan fingerprint density at radius 1 is 1.32 bits per heavy atom. The van der Waals surface area contributed by atoms with Gasteiger partial charge in [-0.15, -0.1) is 0 Å². The van der Waals surface area contributed by atoms with Crippen LogP contribution in [0.3, 0.4) is 0 Å². The Morgan fingerprint density at radius 2 is 2.11 bits per heavy atom. The summed E-state index contributed by atoms with van der Waals surface area (Å²) in [4.78, 5) is 25.3. The van der Waals surface area contributed by atoms with Gasteiger partial charge in [-0.25, -0.2) is 9.18 Å². The second-order valence-corrected chi connectivity index (χ2v) is 4.00. The Labute approximate surface area is 108 Å². The number of methoxy groups -OCH3 is 1. The summed E-state index contributed by atoms with van der Waals surface area (Å²) < 4.78 is 18.4. The third-order valence-electron chi connectivity index (χ3n) is 2.75. The van der Waals surface area contributed by atoms with Gasteiger partial charge < -0.3 is 9.72 Å². The highest BCUT2D eigenvalue weighted by molar-refractivity contribution is 5.89. The van der Waals surface area contributed by atoms with Crippen LogP contribution in [0.15, 0.2) is 41.3 Å². The zero-order valence-corrected chi connectivity index (χ0v) is 10.3. The molecule has 0 unspecified atom stereocenters. The average molecular weight is 261 g/mol. The van der Waals surface area contributed by atoms with Crippen molar-refractivity contribution in [2.45, 2.75) is 6.42 Å². The van der Waals surface area contributed by atoms with Gasteiger partial charge in [0.15, 0.2) is 0 Å². The number of H-pyrrole nitrogens is 1.